The summed E-state index contributed by atoms with van der Waals surface area (Å²) in [5.74, 6) is 0.181. The Hall–Kier alpha value is -3.19. The molecule has 0 radical (unpaired) electrons. The van der Waals surface area contributed by atoms with Gasteiger partial charge in [-0.25, -0.2) is 0 Å². The molecule has 0 aliphatic carbocycles. The summed E-state index contributed by atoms with van der Waals surface area (Å²) in [7, 11) is 2.06. The Labute approximate surface area is 171 Å². The monoisotopic (exact) mass is 409 g/mol. The molecule has 0 fully saturated rings. The Bertz CT molecular complexity index is 1210. The minimum Gasteiger partial charge on any atom is -0.464 e. The molecule has 4 nitrogen and oxygen atoms in total. The van der Waals surface area contributed by atoms with Gasteiger partial charge in [0, 0.05) is 30.0 Å². The maximum atomic E-state index is 12.8. The molecule has 0 saturated heterocycles. The van der Waals surface area contributed by atoms with Crippen molar-refractivity contribution >= 4 is 11.0 Å². The topological polar surface area (TPSA) is 42.2 Å². The molecule has 7 heteroatoms. The molecule has 0 N–H and O–H groups in total. The highest BCUT2D eigenvalue weighted by Crippen LogP contribution is 2.36. The quantitative estimate of drug-likeness (QED) is 0.439. The van der Waals surface area contributed by atoms with Gasteiger partial charge in [-0.3, -0.25) is 0 Å². The molecule has 4 aromatic rings. The third-order valence-electron chi connectivity index (χ3n) is 5.59. The highest BCUT2D eigenvalue weighted by molar-refractivity contribution is 5.78. The molecule has 0 spiro atoms. The normalized spacial score (nSPS) is 17.3. The van der Waals surface area contributed by atoms with E-state index < -0.39 is 11.9 Å². The summed E-state index contributed by atoms with van der Waals surface area (Å²) in [6.07, 6.45) is -2.81. The van der Waals surface area contributed by atoms with E-state index in [4.69, 9.17) is 4.42 Å². The molecule has 0 bridgehead atoms. The van der Waals surface area contributed by atoms with Crippen molar-refractivity contribution in [3.05, 3.63) is 83.2 Å². The van der Waals surface area contributed by atoms with E-state index in [0.717, 1.165) is 41.3 Å². The van der Waals surface area contributed by atoms with Crippen LogP contribution in [0.2, 0.25) is 0 Å². The van der Waals surface area contributed by atoms with Crippen LogP contribution in [0.3, 0.4) is 0 Å². The van der Waals surface area contributed by atoms with E-state index in [1.807, 2.05) is 24.3 Å². The molecule has 1 atom stereocenters. The molecular weight excluding hydrogens is 391 g/mol. The van der Waals surface area contributed by atoms with Crippen LogP contribution in [0.25, 0.3) is 22.2 Å². The first-order valence-corrected chi connectivity index (χ1v) is 9.58. The lowest BCUT2D eigenvalue weighted by atomic mass is 9.83. The zero-order chi connectivity index (χ0) is 20.9. The third kappa shape index (κ3) is 3.35. The Morgan fingerprint density at radius 2 is 1.87 bits per heavy atom. The first kappa shape index (κ1) is 18.8. The molecule has 0 saturated carbocycles. The van der Waals surface area contributed by atoms with E-state index in [2.05, 4.69) is 40.3 Å². The van der Waals surface area contributed by atoms with Crippen LogP contribution in [0.5, 0.6) is 0 Å². The van der Waals surface area contributed by atoms with E-state index >= 15 is 0 Å². The Kier molecular flexibility index (Phi) is 4.36. The highest BCUT2D eigenvalue weighted by atomic mass is 19.4. The number of hydrogen-bond donors (Lipinski definition) is 0. The number of rotatable bonds is 2. The van der Waals surface area contributed by atoms with Crippen molar-refractivity contribution in [2.24, 2.45) is 0 Å². The van der Waals surface area contributed by atoms with Crippen LogP contribution in [-0.2, 0) is 12.7 Å². The molecule has 3 heterocycles. The van der Waals surface area contributed by atoms with Crippen molar-refractivity contribution in [2.45, 2.75) is 18.6 Å². The van der Waals surface area contributed by atoms with Crippen molar-refractivity contribution in [1.29, 1.82) is 0 Å². The lowest BCUT2D eigenvalue weighted by Gasteiger charge is -2.33. The molecule has 0 amide bonds. The maximum absolute atomic E-state index is 12.8. The number of halogens is 3. The number of benzene rings is 2. The second kappa shape index (κ2) is 6.95. The molecule has 1 aliphatic rings. The van der Waals surface area contributed by atoms with Crippen LogP contribution in [0.1, 0.15) is 28.3 Å². The number of likely N-dealkylation sites (N-methyl/N-ethyl adjacent to an activating group) is 1. The van der Waals surface area contributed by atoms with Gasteiger partial charge in [0.1, 0.15) is 5.58 Å². The predicted molar refractivity (Wildman–Crippen MR) is 107 cm³/mol. The summed E-state index contributed by atoms with van der Waals surface area (Å²) in [5, 5.41) is 8.21. The molecule has 1 aliphatic heterocycles. The summed E-state index contributed by atoms with van der Waals surface area (Å²) >= 11 is 0. The first-order chi connectivity index (χ1) is 14.4. The van der Waals surface area contributed by atoms with Gasteiger partial charge in [-0.1, -0.05) is 24.3 Å². The highest BCUT2D eigenvalue weighted by Gasteiger charge is 2.33. The van der Waals surface area contributed by atoms with Gasteiger partial charge >= 0.3 is 6.18 Å². The van der Waals surface area contributed by atoms with Crippen molar-refractivity contribution < 1.29 is 17.6 Å². The van der Waals surface area contributed by atoms with Gasteiger partial charge in [-0.05, 0) is 54.1 Å². The van der Waals surface area contributed by atoms with E-state index in [1.165, 1.54) is 17.2 Å². The number of fused-ring (bicyclic) bond motifs is 2. The number of nitrogens with zero attached hydrogens (tertiary/aromatic N) is 3. The average molecular weight is 409 g/mol. The summed E-state index contributed by atoms with van der Waals surface area (Å²) in [6, 6.07) is 16.5. The number of aromatic nitrogens is 2. The first-order valence-electron chi connectivity index (χ1n) is 9.58. The predicted octanol–water partition coefficient (Wildman–Crippen LogP) is 5.49. The Balaban J connectivity index is 1.52. The molecule has 30 heavy (non-hydrogen) atoms. The molecule has 1 unspecified atom stereocenters. The van der Waals surface area contributed by atoms with Gasteiger partial charge in [0.2, 0.25) is 0 Å². The fourth-order valence-electron chi connectivity index (χ4n) is 4.12. The Morgan fingerprint density at radius 1 is 1.00 bits per heavy atom. The van der Waals surface area contributed by atoms with Crippen LogP contribution in [0, 0.1) is 0 Å². The van der Waals surface area contributed by atoms with Crippen LogP contribution in [0.4, 0.5) is 13.2 Å². The van der Waals surface area contributed by atoms with Crippen LogP contribution < -0.4 is 0 Å². The summed E-state index contributed by atoms with van der Waals surface area (Å²) < 4.78 is 43.8. The van der Waals surface area contributed by atoms with Gasteiger partial charge in [-0.2, -0.15) is 13.2 Å². The SMILES string of the molecule is CN1Cc2cc(-c3ccc(C(F)(F)F)nn3)ccc2C(c2ccc3ccoc3c2)C1. The van der Waals surface area contributed by atoms with E-state index in [1.54, 1.807) is 6.26 Å². The van der Waals surface area contributed by atoms with Crippen molar-refractivity contribution in [3.63, 3.8) is 0 Å². The molecular formula is C23H18F3N3O. The molecule has 5 rings (SSSR count). The molecule has 2 aromatic carbocycles. The van der Waals surface area contributed by atoms with Crippen LogP contribution in [0.15, 0.2) is 65.3 Å². The van der Waals surface area contributed by atoms with Gasteiger partial charge in [-0.15, -0.1) is 10.2 Å². The van der Waals surface area contributed by atoms with Crippen molar-refractivity contribution in [3.8, 4) is 11.3 Å². The van der Waals surface area contributed by atoms with E-state index in [-0.39, 0.29) is 5.92 Å². The lowest BCUT2D eigenvalue weighted by molar-refractivity contribution is -0.141. The van der Waals surface area contributed by atoms with Crippen molar-refractivity contribution in [1.82, 2.24) is 15.1 Å². The minimum atomic E-state index is -4.49. The van der Waals surface area contributed by atoms with Gasteiger partial charge in [0.05, 0.1) is 12.0 Å². The van der Waals surface area contributed by atoms with Crippen LogP contribution >= 0.6 is 0 Å². The fraction of sp³-hybridized carbons (Fsp3) is 0.217. The smallest absolute Gasteiger partial charge is 0.435 e. The van der Waals surface area contributed by atoms with Gasteiger partial charge in [0.15, 0.2) is 5.69 Å². The second-order valence-corrected chi connectivity index (χ2v) is 7.68. The largest absolute Gasteiger partial charge is 0.464 e. The number of alkyl halides is 3. The average Bonchev–Trinajstić information content (AvgIpc) is 3.20. The maximum Gasteiger partial charge on any atom is 0.435 e. The van der Waals surface area contributed by atoms with Gasteiger partial charge < -0.3 is 9.32 Å². The zero-order valence-electron chi connectivity index (χ0n) is 16.1. The van der Waals surface area contributed by atoms with E-state index in [0.29, 0.717) is 5.69 Å². The standard InChI is InChI=1S/C23H18F3N3O/c1-29-12-17-10-16(20-6-7-22(28-27-20)23(24,25)26)4-5-18(17)19(13-29)15-3-2-14-8-9-30-21(14)11-15/h2-11,19H,12-13H2,1H3. The number of furan rings is 1. The zero-order valence-corrected chi connectivity index (χ0v) is 16.1. The van der Waals surface area contributed by atoms with Crippen LogP contribution in [-0.4, -0.2) is 28.7 Å². The summed E-state index contributed by atoms with van der Waals surface area (Å²) in [5.41, 5.74) is 4.57. The van der Waals surface area contributed by atoms with E-state index in [9.17, 15) is 13.2 Å². The summed E-state index contributed by atoms with van der Waals surface area (Å²) in [6.45, 7) is 1.63. The summed E-state index contributed by atoms with van der Waals surface area (Å²) in [4.78, 5) is 2.24. The molecule has 2 aromatic heterocycles. The van der Waals surface area contributed by atoms with Gasteiger partial charge in [0.25, 0.3) is 0 Å². The molecule has 152 valence electrons. The number of hydrogen-bond acceptors (Lipinski definition) is 4. The Morgan fingerprint density at radius 3 is 2.63 bits per heavy atom. The van der Waals surface area contributed by atoms with Crippen molar-refractivity contribution in [2.75, 3.05) is 13.6 Å². The lowest BCUT2D eigenvalue weighted by Crippen LogP contribution is -2.31. The fourth-order valence-corrected chi connectivity index (χ4v) is 4.12. The third-order valence-corrected chi connectivity index (χ3v) is 5.59. The minimum absolute atomic E-state index is 0.181. The second-order valence-electron chi connectivity index (χ2n) is 7.68.